The van der Waals surface area contributed by atoms with Crippen LogP contribution < -0.4 is 0 Å². The van der Waals surface area contributed by atoms with Gasteiger partial charge in [0.05, 0.1) is 6.61 Å². The van der Waals surface area contributed by atoms with Crippen LogP contribution >= 0.6 is 0 Å². The molecule has 26 heavy (non-hydrogen) atoms. The molecule has 0 bridgehead atoms. The van der Waals surface area contributed by atoms with Crippen molar-refractivity contribution in [2.45, 2.75) is 83.1 Å². The van der Waals surface area contributed by atoms with Crippen molar-refractivity contribution in [1.82, 2.24) is 4.90 Å². The largest absolute Gasteiger partial charge is 0.368 e. The van der Waals surface area contributed by atoms with Crippen LogP contribution in [-0.2, 0) is 25.6 Å². The molecule has 4 rings (SSSR count). The SMILES string of the molecule is CCCCN1CC[C@@H]1[C@H]1O[C@@H]2OC(C)(C)O[C@@H]2[C@H]1OCc1ccccc1. The van der Waals surface area contributed by atoms with Crippen LogP contribution in [0.25, 0.3) is 0 Å². The van der Waals surface area contributed by atoms with Crippen molar-refractivity contribution < 1.29 is 18.9 Å². The number of benzene rings is 1. The van der Waals surface area contributed by atoms with E-state index in [2.05, 4.69) is 24.0 Å². The molecule has 3 fully saturated rings. The smallest absolute Gasteiger partial charge is 0.190 e. The van der Waals surface area contributed by atoms with Gasteiger partial charge >= 0.3 is 0 Å². The average molecular weight is 361 g/mol. The molecule has 0 aliphatic carbocycles. The number of hydrogen-bond acceptors (Lipinski definition) is 5. The number of ether oxygens (including phenoxy) is 4. The van der Waals surface area contributed by atoms with Gasteiger partial charge in [-0.2, -0.15) is 0 Å². The Morgan fingerprint density at radius 3 is 2.65 bits per heavy atom. The number of hydrogen-bond donors (Lipinski definition) is 0. The lowest BCUT2D eigenvalue weighted by Gasteiger charge is -2.45. The molecule has 3 saturated heterocycles. The zero-order valence-electron chi connectivity index (χ0n) is 16.1. The number of fused-ring (bicyclic) bond motifs is 1. The first kappa shape index (κ1) is 18.4. The van der Waals surface area contributed by atoms with Crippen LogP contribution in [0.2, 0.25) is 0 Å². The monoisotopic (exact) mass is 361 g/mol. The highest BCUT2D eigenvalue weighted by Gasteiger charge is 2.58. The Balaban J connectivity index is 1.46. The first-order valence-corrected chi connectivity index (χ1v) is 9.98. The van der Waals surface area contributed by atoms with Gasteiger partial charge in [0, 0.05) is 12.6 Å². The predicted molar refractivity (Wildman–Crippen MR) is 98.6 cm³/mol. The van der Waals surface area contributed by atoms with Crippen molar-refractivity contribution in [2.24, 2.45) is 0 Å². The van der Waals surface area contributed by atoms with Gasteiger partial charge in [-0.15, -0.1) is 0 Å². The molecule has 5 heteroatoms. The van der Waals surface area contributed by atoms with Crippen molar-refractivity contribution >= 4 is 0 Å². The summed E-state index contributed by atoms with van der Waals surface area (Å²) in [6.07, 6.45) is 3.02. The Morgan fingerprint density at radius 2 is 1.96 bits per heavy atom. The Morgan fingerprint density at radius 1 is 1.15 bits per heavy atom. The molecule has 0 radical (unpaired) electrons. The normalized spacial score (nSPS) is 36.0. The van der Waals surface area contributed by atoms with Gasteiger partial charge in [0.25, 0.3) is 0 Å². The summed E-state index contributed by atoms with van der Waals surface area (Å²) >= 11 is 0. The zero-order valence-corrected chi connectivity index (χ0v) is 16.1. The molecule has 0 unspecified atom stereocenters. The Labute approximate surface area is 156 Å². The van der Waals surface area contributed by atoms with Gasteiger partial charge in [-0.1, -0.05) is 43.7 Å². The van der Waals surface area contributed by atoms with Gasteiger partial charge in [-0.25, -0.2) is 0 Å². The first-order chi connectivity index (χ1) is 12.6. The van der Waals surface area contributed by atoms with Crippen molar-refractivity contribution in [2.75, 3.05) is 13.1 Å². The molecular formula is C21H31NO4. The minimum absolute atomic E-state index is 0.00965. The predicted octanol–water partition coefficient (Wildman–Crippen LogP) is 3.32. The van der Waals surface area contributed by atoms with Crippen LogP contribution in [0.1, 0.15) is 45.6 Å². The minimum Gasteiger partial charge on any atom is -0.368 e. The summed E-state index contributed by atoms with van der Waals surface area (Å²) < 4.78 is 24.8. The molecule has 144 valence electrons. The summed E-state index contributed by atoms with van der Waals surface area (Å²) in [4.78, 5) is 2.53. The van der Waals surface area contributed by atoms with Crippen LogP contribution in [0.5, 0.6) is 0 Å². The summed E-state index contributed by atoms with van der Waals surface area (Å²) in [5.41, 5.74) is 1.17. The summed E-state index contributed by atoms with van der Waals surface area (Å²) in [6, 6.07) is 10.7. The van der Waals surface area contributed by atoms with Crippen molar-refractivity contribution in [3.05, 3.63) is 35.9 Å². The van der Waals surface area contributed by atoms with E-state index < -0.39 is 5.79 Å². The summed E-state index contributed by atoms with van der Waals surface area (Å²) in [6.45, 7) is 8.97. The van der Waals surface area contributed by atoms with E-state index in [0.717, 1.165) is 19.5 Å². The van der Waals surface area contributed by atoms with Crippen LogP contribution in [0.3, 0.4) is 0 Å². The summed E-state index contributed by atoms with van der Waals surface area (Å²) in [5, 5.41) is 0. The summed E-state index contributed by atoms with van der Waals surface area (Å²) in [7, 11) is 0. The lowest BCUT2D eigenvalue weighted by molar-refractivity contribution is -0.231. The molecule has 0 amide bonds. The highest BCUT2D eigenvalue weighted by Crippen LogP contribution is 2.42. The van der Waals surface area contributed by atoms with E-state index in [1.54, 1.807) is 0 Å². The standard InChI is InChI=1S/C21H31NO4/c1-4-5-12-22-13-11-16(22)17-18(23-14-15-9-7-6-8-10-15)19-20(24-17)26-21(2,3)25-19/h6-10,16-20H,4-5,11-14H2,1-3H3/t16-,17-,18+,19-,20-/m1/s1. The van der Waals surface area contributed by atoms with Gasteiger partial charge in [0.2, 0.25) is 0 Å². The number of likely N-dealkylation sites (tertiary alicyclic amines) is 1. The molecule has 5 atom stereocenters. The van der Waals surface area contributed by atoms with E-state index in [1.807, 2.05) is 32.0 Å². The van der Waals surface area contributed by atoms with Gasteiger partial charge < -0.3 is 18.9 Å². The molecule has 3 aliphatic heterocycles. The fourth-order valence-electron chi connectivity index (χ4n) is 4.24. The second kappa shape index (κ2) is 7.56. The second-order valence-corrected chi connectivity index (χ2v) is 8.08. The maximum atomic E-state index is 6.36. The summed E-state index contributed by atoms with van der Waals surface area (Å²) in [5.74, 6) is -0.615. The topological polar surface area (TPSA) is 40.2 Å². The average Bonchev–Trinajstić information content (AvgIpc) is 3.05. The van der Waals surface area contributed by atoms with E-state index in [9.17, 15) is 0 Å². The highest BCUT2D eigenvalue weighted by atomic mass is 16.8. The number of nitrogens with zero attached hydrogens (tertiary/aromatic N) is 1. The molecule has 1 aromatic carbocycles. The third kappa shape index (κ3) is 3.69. The molecule has 3 heterocycles. The fourth-order valence-corrected chi connectivity index (χ4v) is 4.24. The lowest BCUT2D eigenvalue weighted by Crippen LogP contribution is -2.58. The molecule has 3 aliphatic rings. The second-order valence-electron chi connectivity index (χ2n) is 8.08. The molecule has 1 aromatic rings. The van der Waals surface area contributed by atoms with Crippen LogP contribution in [-0.4, -0.2) is 54.4 Å². The molecule has 0 N–H and O–H groups in total. The van der Waals surface area contributed by atoms with Gasteiger partial charge in [0.15, 0.2) is 12.1 Å². The Bertz CT molecular complexity index is 593. The van der Waals surface area contributed by atoms with E-state index in [-0.39, 0.29) is 24.6 Å². The van der Waals surface area contributed by atoms with E-state index in [4.69, 9.17) is 18.9 Å². The third-order valence-electron chi connectivity index (χ3n) is 5.67. The zero-order chi connectivity index (χ0) is 18.1. The van der Waals surface area contributed by atoms with Crippen molar-refractivity contribution in [3.8, 4) is 0 Å². The Kier molecular flexibility index (Phi) is 5.35. The first-order valence-electron chi connectivity index (χ1n) is 9.98. The lowest BCUT2D eigenvalue weighted by atomic mass is 9.92. The van der Waals surface area contributed by atoms with Crippen LogP contribution in [0, 0.1) is 0 Å². The maximum absolute atomic E-state index is 6.36. The van der Waals surface area contributed by atoms with Gasteiger partial charge in [-0.3, -0.25) is 4.90 Å². The van der Waals surface area contributed by atoms with E-state index >= 15 is 0 Å². The van der Waals surface area contributed by atoms with E-state index in [1.165, 1.54) is 18.4 Å². The van der Waals surface area contributed by atoms with Crippen molar-refractivity contribution in [1.29, 1.82) is 0 Å². The fraction of sp³-hybridized carbons (Fsp3) is 0.714. The van der Waals surface area contributed by atoms with E-state index in [0.29, 0.717) is 12.6 Å². The van der Waals surface area contributed by atoms with Gasteiger partial charge in [0.1, 0.15) is 18.3 Å². The number of rotatable bonds is 7. The van der Waals surface area contributed by atoms with Gasteiger partial charge in [-0.05, 0) is 38.8 Å². The highest BCUT2D eigenvalue weighted by molar-refractivity contribution is 5.14. The minimum atomic E-state index is -0.615. The Hall–Kier alpha value is -0.980. The number of unbranched alkanes of at least 4 members (excludes halogenated alkanes) is 1. The third-order valence-corrected chi connectivity index (χ3v) is 5.67. The van der Waals surface area contributed by atoms with Crippen LogP contribution in [0.15, 0.2) is 30.3 Å². The maximum Gasteiger partial charge on any atom is 0.190 e. The quantitative estimate of drug-likeness (QED) is 0.745. The molecule has 0 spiro atoms. The molecular weight excluding hydrogens is 330 g/mol. The molecule has 5 nitrogen and oxygen atoms in total. The molecule has 0 saturated carbocycles. The molecule has 0 aromatic heterocycles. The van der Waals surface area contributed by atoms with Crippen LogP contribution in [0.4, 0.5) is 0 Å². The van der Waals surface area contributed by atoms with Crippen molar-refractivity contribution in [3.63, 3.8) is 0 Å².